The summed E-state index contributed by atoms with van der Waals surface area (Å²) < 4.78 is 6.68. The van der Waals surface area contributed by atoms with Crippen molar-refractivity contribution >= 4 is 34.1 Å². The Morgan fingerprint density at radius 1 is 1.12 bits per heavy atom. The summed E-state index contributed by atoms with van der Waals surface area (Å²) in [5.74, 6) is 0.281. The number of hydrogen-bond acceptors (Lipinski definition) is 7. The Bertz CT molecular complexity index is 1130. The molecule has 9 nitrogen and oxygen atoms in total. The molecule has 0 radical (unpaired) electrons. The summed E-state index contributed by atoms with van der Waals surface area (Å²) in [6.07, 6.45) is 5.54. The highest BCUT2D eigenvalue weighted by atomic mass is 32.1. The predicted octanol–water partition coefficient (Wildman–Crippen LogP) is 3.51. The van der Waals surface area contributed by atoms with Crippen LogP contribution in [0.4, 0.5) is 10.9 Å². The fourth-order valence-electron chi connectivity index (χ4n) is 3.21. The van der Waals surface area contributed by atoms with Crippen LogP contribution in [0.1, 0.15) is 49.0 Å². The van der Waals surface area contributed by atoms with E-state index < -0.39 is 0 Å². The molecule has 0 spiro atoms. The third-order valence-corrected chi connectivity index (χ3v) is 6.14. The smallest absolute Gasteiger partial charge is 0.232 e. The van der Waals surface area contributed by atoms with Crippen LogP contribution in [0.5, 0.6) is 0 Å². The lowest BCUT2D eigenvalue weighted by molar-refractivity contribution is -0.117. The Morgan fingerprint density at radius 2 is 1.91 bits per heavy atom. The average Bonchev–Trinajstić information content (AvgIpc) is 3.37. The molecule has 0 saturated carbocycles. The summed E-state index contributed by atoms with van der Waals surface area (Å²) >= 11 is 1.46. The van der Waals surface area contributed by atoms with E-state index >= 15 is 0 Å². The van der Waals surface area contributed by atoms with Crippen LogP contribution in [-0.2, 0) is 46.1 Å². The van der Waals surface area contributed by atoms with E-state index in [1.165, 1.54) is 11.3 Å². The fourth-order valence-corrected chi connectivity index (χ4v) is 4.04. The molecule has 0 saturated heterocycles. The molecule has 182 valence electrons. The molecular formula is C24H32N6O3S. The van der Waals surface area contributed by atoms with Gasteiger partial charge in [-0.25, -0.2) is 9.97 Å². The second-order valence-electron chi connectivity index (χ2n) is 9.09. The summed E-state index contributed by atoms with van der Waals surface area (Å²) in [7, 11) is 3.42. The van der Waals surface area contributed by atoms with Crippen LogP contribution >= 0.6 is 11.3 Å². The number of anilines is 2. The topological polar surface area (TPSA) is 111 Å². The average molecular weight is 485 g/mol. The van der Waals surface area contributed by atoms with Gasteiger partial charge in [0.15, 0.2) is 5.13 Å². The van der Waals surface area contributed by atoms with Gasteiger partial charge in [0.25, 0.3) is 0 Å². The number of nitrogens with zero attached hydrogens (tertiary/aromatic N) is 4. The van der Waals surface area contributed by atoms with Crippen molar-refractivity contribution in [3.63, 3.8) is 0 Å². The number of amides is 2. The van der Waals surface area contributed by atoms with Gasteiger partial charge in [-0.1, -0.05) is 20.8 Å². The van der Waals surface area contributed by atoms with E-state index in [2.05, 4.69) is 46.5 Å². The Balaban J connectivity index is 1.51. The van der Waals surface area contributed by atoms with Gasteiger partial charge >= 0.3 is 0 Å². The van der Waals surface area contributed by atoms with E-state index in [-0.39, 0.29) is 30.1 Å². The first kappa shape index (κ1) is 25.5. The SMILES string of the molecule is COCCC(=O)Nc1cc(CCc2cnc(NC(=O)Cc3cc(C(C)(C)C)nn3C)s2)ccn1. The van der Waals surface area contributed by atoms with Crippen molar-refractivity contribution in [3.05, 3.63) is 52.4 Å². The molecule has 2 N–H and O–H groups in total. The van der Waals surface area contributed by atoms with Gasteiger partial charge in [0.2, 0.25) is 11.8 Å². The van der Waals surface area contributed by atoms with Crippen LogP contribution in [0.15, 0.2) is 30.6 Å². The minimum atomic E-state index is -0.130. The zero-order chi connectivity index (χ0) is 24.7. The van der Waals surface area contributed by atoms with Gasteiger partial charge < -0.3 is 15.4 Å². The third-order valence-electron chi connectivity index (χ3n) is 5.17. The van der Waals surface area contributed by atoms with Crippen LogP contribution in [0.25, 0.3) is 0 Å². The molecule has 3 heterocycles. The molecule has 0 unspecified atom stereocenters. The van der Waals surface area contributed by atoms with Crippen molar-refractivity contribution < 1.29 is 14.3 Å². The van der Waals surface area contributed by atoms with Gasteiger partial charge in [-0.15, -0.1) is 11.3 Å². The number of ether oxygens (including phenoxy) is 1. The van der Waals surface area contributed by atoms with E-state index in [4.69, 9.17) is 4.74 Å². The van der Waals surface area contributed by atoms with E-state index in [0.29, 0.717) is 17.6 Å². The number of carbonyl (C=O) groups excluding carboxylic acids is 2. The lowest BCUT2D eigenvalue weighted by Gasteiger charge is -2.13. The number of aryl methyl sites for hydroxylation is 3. The maximum Gasteiger partial charge on any atom is 0.232 e. The Labute approximate surface area is 204 Å². The number of methoxy groups -OCH3 is 1. The second-order valence-corrected chi connectivity index (χ2v) is 10.2. The molecule has 3 rings (SSSR count). The lowest BCUT2D eigenvalue weighted by Crippen LogP contribution is -2.16. The molecule has 0 aliphatic carbocycles. The number of pyridine rings is 1. The van der Waals surface area contributed by atoms with Crippen molar-refractivity contribution in [3.8, 4) is 0 Å². The van der Waals surface area contributed by atoms with E-state index in [1.807, 2.05) is 25.2 Å². The quantitative estimate of drug-likeness (QED) is 0.456. The second kappa shape index (κ2) is 11.3. The zero-order valence-electron chi connectivity index (χ0n) is 20.3. The molecule has 2 amide bonds. The predicted molar refractivity (Wildman–Crippen MR) is 133 cm³/mol. The maximum atomic E-state index is 12.5. The first-order valence-electron chi connectivity index (χ1n) is 11.2. The van der Waals surface area contributed by atoms with Gasteiger partial charge in [-0.2, -0.15) is 5.10 Å². The fraction of sp³-hybridized carbons (Fsp3) is 0.458. The molecule has 0 aromatic carbocycles. The number of carbonyl (C=O) groups is 2. The number of hydrogen-bond donors (Lipinski definition) is 2. The summed E-state index contributed by atoms with van der Waals surface area (Å²) in [6.45, 7) is 6.67. The van der Waals surface area contributed by atoms with Gasteiger partial charge in [0.05, 0.1) is 25.1 Å². The van der Waals surface area contributed by atoms with Crippen molar-refractivity contribution in [1.82, 2.24) is 19.7 Å². The zero-order valence-corrected chi connectivity index (χ0v) is 21.2. The van der Waals surface area contributed by atoms with Crippen LogP contribution in [0, 0.1) is 0 Å². The number of nitrogens with one attached hydrogen (secondary N) is 2. The monoisotopic (exact) mass is 484 g/mol. The van der Waals surface area contributed by atoms with Gasteiger partial charge in [-0.05, 0) is 36.6 Å². The van der Waals surface area contributed by atoms with Crippen LogP contribution < -0.4 is 10.6 Å². The van der Waals surface area contributed by atoms with E-state index in [9.17, 15) is 9.59 Å². The van der Waals surface area contributed by atoms with Crippen molar-refractivity contribution in [2.24, 2.45) is 7.05 Å². The first-order chi connectivity index (χ1) is 16.1. The number of aromatic nitrogens is 4. The van der Waals surface area contributed by atoms with Gasteiger partial charge in [0, 0.05) is 42.5 Å². The standard InChI is InChI=1S/C24H32N6O3S/c1-24(2,3)19-13-17(30(4)29-19)14-22(32)28-23-26-15-18(34-23)7-6-16-8-10-25-20(12-16)27-21(31)9-11-33-5/h8,10,12-13,15H,6-7,9,11,14H2,1-5H3,(H,25,27,31)(H,26,28,32). The van der Waals surface area contributed by atoms with Crippen LogP contribution in [0.3, 0.4) is 0 Å². The van der Waals surface area contributed by atoms with Crippen molar-refractivity contribution in [2.45, 2.75) is 51.9 Å². The van der Waals surface area contributed by atoms with Crippen molar-refractivity contribution in [1.29, 1.82) is 0 Å². The summed E-state index contributed by atoms with van der Waals surface area (Å²) in [6, 6.07) is 5.78. The first-order valence-corrected chi connectivity index (χ1v) is 12.0. The van der Waals surface area contributed by atoms with Crippen molar-refractivity contribution in [2.75, 3.05) is 24.4 Å². The largest absolute Gasteiger partial charge is 0.384 e. The Hall–Kier alpha value is -3.11. The molecular weight excluding hydrogens is 452 g/mol. The highest BCUT2D eigenvalue weighted by molar-refractivity contribution is 7.15. The van der Waals surface area contributed by atoms with Gasteiger partial charge in [-0.3, -0.25) is 14.3 Å². The molecule has 3 aromatic rings. The highest BCUT2D eigenvalue weighted by Crippen LogP contribution is 2.23. The molecule has 0 fully saturated rings. The minimum Gasteiger partial charge on any atom is -0.384 e. The lowest BCUT2D eigenvalue weighted by atomic mass is 9.92. The molecule has 0 bridgehead atoms. The number of thiazole rings is 1. The molecule has 0 aliphatic rings. The summed E-state index contributed by atoms with van der Waals surface area (Å²) in [5.41, 5.74) is 2.81. The molecule has 0 aliphatic heterocycles. The highest BCUT2D eigenvalue weighted by Gasteiger charge is 2.20. The molecule has 10 heteroatoms. The maximum absolute atomic E-state index is 12.5. The van der Waals surface area contributed by atoms with Gasteiger partial charge in [0.1, 0.15) is 5.82 Å². The Kier molecular flexibility index (Phi) is 8.51. The van der Waals surface area contributed by atoms with E-state index in [0.717, 1.165) is 34.7 Å². The molecule has 0 atom stereocenters. The van der Waals surface area contributed by atoms with E-state index in [1.54, 1.807) is 24.2 Å². The molecule has 34 heavy (non-hydrogen) atoms. The molecule has 3 aromatic heterocycles. The van der Waals surface area contributed by atoms with Crippen LogP contribution in [-0.4, -0.2) is 45.3 Å². The minimum absolute atomic E-state index is 0.0676. The van der Waals surface area contributed by atoms with Crippen LogP contribution in [0.2, 0.25) is 0 Å². The number of rotatable bonds is 10. The summed E-state index contributed by atoms with van der Waals surface area (Å²) in [5, 5.41) is 10.8. The Morgan fingerprint density at radius 3 is 2.62 bits per heavy atom. The normalized spacial score (nSPS) is 11.4. The third kappa shape index (κ3) is 7.46. The summed E-state index contributed by atoms with van der Waals surface area (Å²) in [4.78, 5) is 34.0.